The van der Waals surface area contributed by atoms with Crippen molar-refractivity contribution in [2.45, 2.75) is 45.7 Å². The van der Waals surface area contributed by atoms with Crippen molar-refractivity contribution in [3.8, 4) is 5.75 Å². The van der Waals surface area contributed by atoms with Crippen LogP contribution in [-0.4, -0.2) is 37.6 Å². The summed E-state index contributed by atoms with van der Waals surface area (Å²) in [5, 5.41) is 10.7. The third-order valence-corrected chi connectivity index (χ3v) is 5.61. The molecule has 0 spiro atoms. The van der Waals surface area contributed by atoms with Crippen LogP contribution in [0.5, 0.6) is 5.75 Å². The van der Waals surface area contributed by atoms with Crippen molar-refractivity contribution in [1.29, 1.82) is 0 Å². The van der Waals surface area contributed by atoms with E-state index in [1.165, 1.54) is 5.56 Å². The molecule has 7 heteroatoms. The number of amides is 1. The zero-order chi connectivity index (χ0) is 23.0. The lowest BCUT2D eigenvalue weighted by molar-refractivity contribution is -0.123. The van der Waals surface area contributed by atoms with Crippen LogP contribution in [0.25, 0.3) is 11.0 Å². The van der Waals surface area contributed by atoms with Crippen LogP contribution in [0.2, 0.25) is 0 Å². The van der Waals surface area contributed by atoms with Crippen molar-refractivity contribution >= 4 is 22.8 Å². The van der Waals surface area contributed by atoms with E-state index in [0.29, 0.717) is 18.3 Å². The minimum atomic E-state index is -0.0566. The third-order valence-electron chi connectivity index (χ3n) is 5.61. The number of nitrogens with zero attached hydrogens (tertiary/aromatic N) is 1. The van der Waals surface area contributed by atoms with Gasteiger partial charge in [0.25, 0.3) is 5.91 Å². The number of para-hydroxylation sites is 1. The number of rotatable bonds is 10. The number of aryl methyl sites for hydroxylation is 1. The van der Waals surface area contributed by atoms with Gasteiger partial charge >= 0.3 is 0 Å². The van der Waals surface area contributed by atoms with Gasteiger partial charge in [-0.1, -0.05) is 30.3 Å². The molecule has 1 aliphatic rings. The molecule has 1 heterocycles. The van der Waals surface area contributed by atoms with E-state index in [4.69, 9.17) is 14.1 Å². The molecule has 2 aromatic carbocycles. The molecule has 0 bridgehead atoms. The molecule has 0 atom stereocenters. The van der Waals surface area contributed by atoms with Gasteiger partial charge in [-0.2, -0.15) is 0 Å². The van der Waals surface area contributed by atoms with Crippen molar-refractivity contribution in [3.05, 3.63) is 65.4 Å². The topological polar surface area (TPSA) is 87.9 Å². The summed E-state index contributed by atoms with van der Waals surface area (Å²) in [5.74, 6) is 2.29. The fourth-order valence-electron chi connectivity index (χ4n) is 3.59. The van der Waals surface area contributed by atoms with Crippen molar-refractivity contribution in [3.63, 3.8) is 0 Å². The lowest BCUT2D eigenvalue weighted by atomic mass is 10.1. The first kappa shape index (κ1) is 22.7. The number of nitrogens with one attached hydrogen (secondary N) is 3. The fraction of sp³-hybridized carbons (Fsp3) is 0.385. The maximum absolute atomic E-state index is 11.7. The maximum Gasteiger partial charge on any atom is 0.258 e. The smallest absolute Gasteiger partial charge is 0.258 e. The summed E-state index contributed by atoms with van der Waals surface area (Å²) in [6.07, 6.45) is 3.00. The summed E-state index contributed by atoms with van der Waals surface area (Å²) in [5.41, 5.74) is 3.22. The number of fused-ring (bicyclic) bond motifs is 1. The second kappa shape index (κ2) is 10.9. The first-order valence-corrected chi connectivity index (χ1v) is 11.6. The lowest BCUT2D eigenvalue weighted by Gasteiger charge is -2.11. The Morgan fingerprint density at radius 2 is 1.91 bits per heavy atom. The second-order valence-electron chi connectivity index (χ2n) is 8.29. The van der Waals surface area contributed by atoms with Gasteiger partial charge in [0.15, 0.2) is 12.6 Å². The molecule has 1 aromatic heterocycles. The van der Waals surface area contributed by atoms with E-state index in [-0.39, 0.29) is 12.5 Å². The molecule has 1 amide bonds. The molecule has 0 unspecified atom stereocenters. The summed E-state index contributed by atoms with van der Waals surface area (Å²) in [6.45, 7) is 6.19. The predicted octanol–water partition coefficient (Wildman–Crippen LogP) is 3.70. The zero-order valence-corrected chi connectivity index (χ0v) is 19.3. The first-order valence-electron chi connectivity index (χ1n) is 11.6. The average molecular weight is 449 g/mol. The molecule has 0 radical (unpaired) electrons. The Morgan fingerprint density at radius 1 is 1.12 bits per heavy atom. The van der Waals surface area contributed by atoms with Gasteiger partial charge in [-0.05, 0) is 56.9 Å². The van der Waals surface area contributed by atoms with Gasteiger partial charge in [0.05, 0.1) is 0 Å². The molecule has 1 saturated carbocycles. The number of ether oxygens (including phenoxy) is 1. The molecule has 3 N–H and O–H groups in total. The molecule has 0 saturated heterocycles. The van der Waals surface area contributed by atoms with Gasteiger partial charge in [-0.15, -0.1) is 0 Å². The molecule has 3 aromatic rings. The Balaban J connectivity index is 1.25. The third kappa shape index (κ3) is 6.51. The average Bonchev–Trinajstić information content (AvgIpc) is 3.58. The van der Waals surface area contributed by atoms with Crippen LogP contribution in [0.4, 0.5) is 0 Å². The van der Waals surface area contributed by atoms with E-state index in [1.807, 2.05) is 49.4 Å². The number of guanidine groups is 1. The number of hydrogen-bond acceptors (Lipinski definition) is 4. The van der Waals surface area contributed by atoms with Crippen LogP contribution < -0.4 is 20.7 Å². The first-order chi connectivity index (χ1) is 16.1. The van der Waals surface area contributed by atoms with E-state index in [1.54, 1.807) is 0 Å². The molecule has 0 aliphatic heterocycles. The summed E-state index contributed by atoms with van der Waals surface area (Å²) in [6, 6.07) is 16.3. The number of aliphatic imine (C=N–C) groups is 1. The highest BCUT2D eigenvalue weighted by Crippen LogP contribution is 2.25. The highest BCUT2D eigenvalue weighted by Gasteiger charge is 2.23. The van der Waals surface area contributed by atoms with Gasteiger partial charge in [-0.25, -0.2) is 4.99 Å². The SMILES string of the molecule is CCNC(=NCc1oc2ccccc2c1C)NCCc1ccc(OCC(=O)NC2CC2)cc1. The van der Waals surface area contributed by atoms with Crippen LogP contribution in [0.3, 0.4) is 0 Å². The molecular formula is C26H32N4O3. The lowest BCUT2D eigenvalue weighted by Crippen LogP contribution is -2.38. The Morgan fingerprint density at radius 3 is 2.64 bits per heavy atom. The highest BCUT2D eigenvalue weighted by atomic mass is 16.5. The van der Waals surface area contributed by atoms with E-state index < -0.39 is 0 Å². The summed E-state index contributed by atoms with van der Waals surface area (Å²) in [7, 11) is 0. The summed E-state index contributed by atoms with van der Waals surface area (Å²) >= 11 is 0. The van der Waals surface area contributed by atoms with Gasteiger partial charge in [-0.3, -0.25) is 4.79 Å². The van der Waals surface area contributed by atoms with Crippen LogP contribution >= 0.6 is 0 Å². The Bertz CT molecular complexity index is 1100. The van der Waals surface area contributed by atoms with Crippen molar-refractivity contribution < 1.29 is 13.9 Å². The van der Waals surface area contributed by atoms with Crippen LogP contribution in [-0.2, 0) is 17.8 Å². The predicted molar refractivity (Wildman–Crippen MR) is 131 cm³/mol. The molecular weight excluding hydrogens is 416 g/mol. The number of benzene rings is 2. The number of hydrogen-bond donors (Lipinski definition) is 3. The van der Waals surface area contributed by atoms with E-state index in [9.17, 15) is 4.79 Å². The highest BCUT2D eigenvalue weighted by molar-refractivity contribution is 5.82. The van der Waals surface area contributed by atoms with Crippen molar-refractivity contribution in [1.82, 2.24) is 16.0 Å². The van der Waals surface area contributed by atoms with E-state index >= 15 is 0 Å². The van der Waals surface area contributed by atoms with E-state index in [2.05, 4.69) is 28.9 Å². The maximum atomic E-state index is 11.7. The number of carbonyl (C=O) groups excluding carboxylic acids is 1. The van der Waals surface area contributed by atoms with E-state index in [0.717, 1.165) is 60.6 Å². The number of furan rings is 1. The minimum Gasteiger partial charge on any atom is -0.484 e. The Kier molecular flexibility index (Phi) is 7.50. The monoisotopic (exact) mass is 448 g/mol. The normalized spacial score (nSPS) is 13.7. The van der Waals surface area contributed by atoms with Gasteiger partial charge in [0, 0.05) is 30.1 Å². The van der Waals surface area contributed by atoms with Crippen LogP contribution in [0, 0.1) is 6.92 Å². The molecule has 33 heavy (non-hydrogen) atoms. The minimum absolute atomic E-state index is 0.0566. The molecule has 174 valence electrons. The molecule has 1 fully saturated rings. The largest absolute Gasteiger partial charge is 0.484 e. The van der Waals surface area contributed by atoms with Gasteiger partial charge in [0.2, 0.25) is 0 Å². The van der Waals surface area contributed by atoms with Crippen LogP contribution in [0.15, 0.2) is 57.9 Å². The standard InChI is InChI=1S/C26H32N4O3/c1-3-27-26(29-16-24-18(2)22-6-4-5-7-23(22)33-24)28-15-14-19-8-12-21(13-9-19)32-17-25(31)30-20-10-11-20/h4-9,12-13,20H,3,10-11,14-17H2,1-2H3,(H,30,31)(H2,27,28,29). The number of carbonyl (C=O) groups is 1. The molecule has 1 aliphatic carbocycles. The fourth-order valence-corrected chi connectivity index (χ4v) is 3.59. The van der Waals surface area contributed by atoms with Crippen molar-refractivity contribution in [2.75, 3.05) is 19.7 Å². The van der Waals surface area contributed by atoms with Crippen molar-refractivity contribution in [2.24, 2.45) is 4.99 Å². The summed E-state index contributed by atoms with van der Waals surface area (Å²) < 4.78 is 11.5. The zero-order valence-electron chi connectivity index (χ0n) is 19.3. The Labute approximate surface area is 194 Å². The second-order valence-corrected chi connectivity index (χ2v) is 8.29. The van der Waals surface area contributed by atoms with Gasteiger partial charge < -0.3 is 25.1 Å². The Hall–Kier alpha value is -3.48. The molecule has 7 nitrogen and oxygen atoms in total. The quantitative estimate of drug-likeness (QED) is 0.325. The summed E-state index contributed by atoms with van der Waals surface area (Å²) in [4.78, 5) is 16.4. The molecule has 4 rings (SSSR count). The van der Waals surface area contributed by atoms with Crippen LogP contribution in [0.1, 0.15) is 36.7 Å². The van der Waals surface area contributed by atoms with Gasteiger partial charge in [0.1, 0.15) is 23.6 Å².